The minimum absolute atomic E-state index is 0.375. The summed E-state index contributed by atoms with van der Waals surface area (Å²) in [7, 11) is 0. The number of carboxylic acids is 1. The van der Waals surface area contributed by atoms with Gasteiger partial charge in [-0.2, -0.15) is 23.5 Å². The quantitative estimate of drug-likeness (QED) is 0.668. The Bertz CT molecular complexity index is 297. The molecule has 2 atom stereocenters. The molecule has 2 amide bonds. The summed E-state index contributed by atoms with van der Waals surface area (Å²) in [6.45, 7) is 0.616. The topological polar surface area (TPSA) is 78.4 Å². The van der Waals surface area contributed by atoms with Crippen molar-refractivity contribution in [2.75, 3.05) is 24.3 Å². The molecule has 19 heavy (non-hydrogen) atoms. The first-order valence-corrected chi connectivity index (χ1v) is 8.95. The smallest absolute Gasteiger partial charge is 0.326 e. The van der Waals surface area contributed by atoms with Crippen LogP contribution in [0.3, 0.4) is 0 Å². The maximum atomic E-state index is 11.7. The van der Waals surface area contributed by atoms with E-state index >= 15 is 0 Å². The van der Waals surface area contributed by atoms with Crippen molar-refractivity contribution >= 4 is 35.5 Å². The van der Waals surface area contributed by atoms with Crippen molar-refractivity contribution < 1.29 is 14.7 Å². The predicted octanol–water partition coefficient (Wildman–Crippen LogP) is 1.78. The van der Waals surface area contributed by atoms with Crippen LogP contribution in [0.5, 0.6) is 0 Å². The third-order valence-corrected chi connectivity index (χ3v) is 5.02. The van der Waals surface area contributed by atoms with Crippen LogP contribution in [0.25, 0.3) is 0 Å². The second-order valence-corrected chi connectivity index (χ2v) is 6.91. The Morgan fingerprint density at radius 3 is 2.84 bits per heavy atom. The van der Waals surface area contributed by atoms with E-state index in [4.69, 9.17) is 5.11 Å². The average molecular weight is 306 g/mol. The van der Waals surface area contributed by atoms with E-state index in [1.807, 2.05) is 18.0 Å². The Kier molecular flexibility index (Phi) is 8.13. The van der Waals surface area contributed by atoms with E-state index in [1.165, 1.54) is 12.8 Å². The number of hydrogen-bond acceptors (Lipinski definition) is 4. The van der Waals surface area contributed by atoms with Crippen LogP contribution in [0.15, 0.2) is 0 Å². The number of carbonyl (C=O) groups excluding carboxylic acids is 1. The molecule has 1 aliphatic rings. The third-order valence-electron chi connectivity index (χ3n) is 2.98. The first-order valence-electron chi connectivity index (χ1n) is 6.51. The first-order chi connectivity index (χ1) is 9.13. The zero-order valence-corrected chi connectivity index (χ0v) is 12.8. The number of amides is 2. The monoisotopic (exact) mass is 306 g/mol. The lowest BCUT2D eigenvalue weighted by atomic mass is 10.2. The Labute approximate surface area is 122 Å². The van der Waals surface area contributed by atoms with E-state index in [2.05, 4.69) is 10.6 Å². The van der Waals surface area contributed by atoms with Gasteiger partial charge in [-0.25, -0.2) is 9.59 Å². The molecule has 0 spiro atoms. The Morgan fingerprint density at radius 2 is 2.26 bits per heavy atom. The van der Waals surface area contributed by atoms with E-state index < -0.39 is 12.0 Å². The Hall–Kier alpha value is -0.560. The highest BCUT2D eigenvalue weighted by atomic mass is 32.2. The molecule has 110 valence electrons. The molecule has 0 bridgehead atoms. The lowest BCUT2D eigenvalue weighted by Crippen LogP contribution is -2.47. The molecule has 1 aliphatic heterocycles. The molecule has 0 saturated carbocycles. The number of carboxylic acid groups (broad SMARTS) is 1. The largest absolute Gasteiger partial charge is 0.480 e. The summed E-state index contributed by atoms with van der Waals surface area (Å²) in [5.41, 5.74) is 0. The van der Waals surface area contributed by atoms with E-state index in [0.29, 0.717) is 18.2 Å². The van der Waals surface area contributed by atoms with Crippen molar-refractivity contribution in [3.63, 3.8) is 0 Å². The van der Waals surface area contributed by atoms with Crippen LogP contribution in [0.1, 0.15) is 25.7 Å². The van der Waals surface area contributed by atoms with Crippen LogP contribution in [0.2, 0.25) is 0 Å². The van der Waals surface area contributed by atoms with Crippen molar-refractivity contribution in [3.05, 3.63) is 0 Å². The SMILES string of the molecule is CSCCC(NC(=O)NCC1CCCCS1)C(=O)O. The number of rotatable bonds is 7. The van der Waals surface area contributed by atoms with Crippen molar-refractivity contribution in [2.45, 2.75) is 37.0 Å². The molecule has 1 rings (SSSR count). The van der Waals surface area contributed by atoms with Gasteiger partial charge in [0.1, 0.15) is 6.04 Å². The van der Waals surface area contributed by atoms with Crippen LogP contribution in [0.4, 0.5) is 4.79 Å². The van der Waals surface area contributed by atoms with Gasteiger partial charge in [0, 0.05) is 11.8 Å². The van der Waals surface area contributed by atoms with Gasteiger partial charge in [-0.1, -0.05) is 6.42 Å². The molecule has 7 heteroatoms. The summed E-state index contributed by atoms with van der Waals surface area (Å²) >= 11 is 3.45. The van der Waals surface area contributed by atoms with Gasteiger partial charge in [0.05, 0.1) is 0 Å². The summed E-state index contributed by atoms with van der Waals surface area (Å²) in [4.78, 5) is 22.7. The minimum atomic E-state index is -0.976. The molecule has 1 saturated heterocycles. The molecule has 5 nitrogen and oxygen atoms in total. The number of nitrogens with one attached hydrogen (secondary N) is 2. The zero-order chi connectivity index (χ0) is 14.1. The van der Waals surface area contributed by atoms with Gasteiger partial charge in [-0.15, -0.1) is 0 Å². The highest BCUT2D eigenvalue weighted by Crippen LogP contribution is 2.24. The molecular weight excluding hydrogens is 284 g/mol. The fourth-order valence-corrected chi connectivity index (χ4v) is 3.59. The van der Waals surface area contributed by atoms with Crippen molar-refractivity contribution in [1.82, 2.24) is 10.6 Å². The first kappa shape index (κ1) is 16.5. The second-order valence-electron chi connectivity index (χ2n) is 4.52. The molecule has 3 N–H and O–H groups in total. The molecule has 0 aromatic heterocycles. The van der Waals surface area contributed by atoms with Gasteiger partial charge in [0.25, 0.3) is 0 Å². The standard InChI is InChI=1S/C12H22N2O3S2/c1-18-7-5-10(11(15)16)14-12(17)13-8-9-4-2-3-6-19-9/h9-10H,2-8H2,1H3,(H,15,16)(H2,13,14,17). The summed E-state index contributed by atoms with van der Waals surface area (Å²) in [5.74, 6) is 0.894. The molecule has 2 unspecified atom stereocenters. The van der Waals surface area contributed by atoms with Gasteiger partial charge in [0.2, 0.25) is 0 Å². The second kappa shape index (κ2) is 9.36. The highest BCUT2D eigenvalue weighted by Gasteiger charge is 2.20. The van der Waals surface area contributed by atoms with Crippen LogP contribution in [-0.4, -0.2) is 52.7 Å². The van der Waals surface area contributed by atoms with Gasteiger partial charge in [-0.3, -0.25) is 0 Å². The van der Waals surface area contributed by atoms with Crippen LogP contribution >= 0.6 is 23.5 Å². The van der Waals surface area contributed by atoms with E-state index in [-0.39, 0.29) is 6.03 Å². The van der Waals surface area contributed by atoms with Gasteiger partial charge >= 0.3 is 12.0 Å². The number of carbonyl (C=O) groups is 2. The molecule has 0 radical (unpaired) electrons. The normalized spacial score (nSPS) is 20.6. The van der Waals surface area contributed by atoms with Crippen LogP contribution < -0.4 is 10.6 Å². The molecule has 1 fully saturated rings. The van der Waals surface area contributed by atoms with Crippen LogP contribution in [-0.2, 0) is 4.79 Å². The van der Waals surface area contributed by atoms with Crippen LogP contribution in [0, 0.1) is 0 Å². The molecule has 0 aromatic rings. The third kappa shape index (κ3) is 6.96. The lowest BCUT2D eigenvalue weighted by molar-refractivity contribution is -0.139. The van der Waals surface area contributed by atoms with Gasteiger partial charge in [0.15, 0.2) is 0 Å². The fraction of sp³-hybridized carbons (Fsp3) is 0.833. The molecule has 0 aliphatic carbocycles. The van der Waals surface area contributed by atoms with E-state index in [0.717, 1.165) is 17.9 Å². The van der Waals surface area contributed by atoms with Gasteiger partial charge in [-0.05, 0) is 37.0 Å². The zero-order valence-electron chi connectivity index (χ0n) is 11.2. The minimum Gasteiger partial charge on any atom is -0.480 e. The molecule has 1 heterocycles. The van der Waals surface area contributed by atoms with E-state index in [1.54, 1.807) is 11.8 Å². The summed E-state index contributed by atoms with van der Waals surface area (Å²) in [6, 6.07) is -1.17. The molecule has 0 aromatic carbocycles. The summed E-state index contributed by atoms with van der Waals surface area (Å²) < 4.78 is 0. The fourth-order valence-electron chi connectivity index (χ4n) is 1.88. The Balaban J connectivity index is 2.25. The van der Waals surface area contributed by atoms with Crippen molar-refractivity contribution in [2.24, 2.45) is 0 Å². The van der Waals surface area contributed by atoms with Gasteiger partial charge < -0.3 is 15.7 Å². The Morgan fingerprint density at radius 1 is 1.47 bits per heavy atom. The van der Waals surface area contributed by atoms with Crippen molar-refractivity contribution in [1.29, 1.82) is 0 Å². The maximum absolute atomic E-state index is 11.7. The number of urea groups is 1. The lowest BCUT2D eigenvalue weighted by Gasteiger charge is -2.22. The summed E-state index contributed by atoms with van der Waals surface area (Å²) in [5, 5.41) is 14.8. The number of thioether (sulfide) groups is 2. The predicted molar refractivity (Wildman–Crippen MR) is 81.1 cm³/mol. The average Bonchev–Trinajstić information content (AvgIpc) is 2.42. The highest BCUT2D eigenvalue weighted by molar-refractivity contribution is 8.00. The number of hydrogen-bond donors (Lipinski definition) is 3. The summed E-state index contributed by atoms with van der Waals surface area (Å²) in [6.07, 6.45) is 5.96. The van der Waals surface area contributed by atoms with E-state index in [9.17, 15) is 9.59 Å². The van der Waals surface area contributed by atoms with Crippen molar-refractivity contribution in [3.8, 4) is 0 Å². The maximum Gasteiger partial charge on any atom is 0.326 e. The molecular formula is C12H22N2O3S2. The number of aliphatic carboxylic acids is 1.